The van der Waals surface area contributed by atoms with Crippen molar-refractivity contribution in [1.29, 1.82) is 0 Å². The van der Waals surface area contributed by atoms with Gasteiger partial charge in [0, 0.05) is 6.04 Å². The van der Waals surface area contributed by atoms with Crippen LogP contribution < -0.4 is 5.73 Å². The summed E-state index contributed by atoms with van der Waals surface area (Å²) < 4.78 is 0. The quantitative estimate of drug-likeness (QED) is 0.535. The van der Waals surface area contributed by atoms with Gasteiger partial charge in [-0.3, -0.25) is 0 Å². The van der Waals surface area contributed by atoms with Crippen LogP contribution in [-0.4, -0.2) is 50.6 Å². The second-order valence-electron chi connectivity index (χ2n) is 1.16. The zero-order chi connectivity index (χ0) is 4.28. The fraction of sp³-hybridized carbons (Fsp3) is 1.00. The molecule has 0 bridgehead atoms. The summed E-state index contributed by atoms with van der Waals surface area (Å²) >= 11 is 0. The van der Waals surface area contributed by atoms with Crippen molar-refractivity contribution in [2.24, 2.45) is 5.73 Å². The van der Waals surface area contributed by atoms with E-state index in [9.17, 15) is 0 Å². The topological polar surface area (TPSA) is 226 Å². The molecule has 8 nitrogen and oxygen atoms in total. The molecule has 1 atom stereocenters. The summed E-state index contributed by atoms with van der Waals surface area (Å²) in [4.78, 5) is 0. The van der Waals surface area contributed by atoms with Gasteiger partial charge >= 0.3 is 21.1 Å². The van der Waals surface area contributed by atoms with Gasteiger partial charge in [-0.25, -0.2) is 0 Å². The first kappa shape index (κ1) is 83.8. The van der Waals surface area contributed by atoms with E-state index in [2.05, 4.69) is 0 Å². The Morgan fingerprint density at radius 1 is 1.00 bits per heavy atom. The molecule has 0 aromatic rings. The van der Waals surface area contributed by atoms with E-state index in [1.807, 2.05) is 0 Å². The summed E-state index contributed by atoms with van der Waals surface area (Å²) in [6, 6.07) is -0.0602. The van der Waals surface area contributed by atoms with Gasteiger partial charge in [-0.2, -0.15) is 0 Å². The van der Waals surface area contributed by atoms with Gasteiger partial charge in [0.05, 0.1) is 6.61 Å². The van der Waals surface area contributed by atoms with Crippen LogP contribution in [0.4, 0.5) is 0 Å². The summed E-state index contributed by atoms with van der Waals surface area (Å²) in [5.74, 6) is 0. The SMILES string of the molecule is CC(N)CO.[OH-].[OH-].[OH-].[OH-].[OH-].[OH-].[Pt+4]. The second kappa shape index (κ2) is 64.0. The minimum Gasteiger partial charge on any atom is -0.870 e. The van der Waals surface area contributed by atoms with Crippen molar-refractivity contribution in [1.82, 2.24) is 0 Å². The molecule has 0 saturated heterocycles. The normalized spacial score (nSPS) is 6.25. The first-order chi connectivity index (χ1) is 2.27. The smallest absolute Gasteiger partial charge is 0.870 e. The molecule has 0 saturated carbocycles. The number of nitrogens with two attached hydrogens (primary N) is 1. The molecular formula is C3H15NO7Pt-2. The maximum absolute atomic E-state index is 8.02. The minimum absolute atomic E-state index is 0. The number of aliphatic hydroxyl groups is 1. The summed E-state index contributed by atoms with van der Waals surface area (Å²) in [7, 11) is 0. The van der Waals surface area contributed by atoms with Gasteiger partial charge in [-0.1, -0.05) is 0 Å². The Labute approximate surface area is 84.9 Å². The van der Waals surface area contributed by atoms with Crippen molar-refractivity contribution in [3.8, 4) is 0 Å². The molecule has 0 fully saturated rings. The van der Waals surface area contributed by atoms with Gasteiger partial charge in [0.25, 0.3) is 0 Å². The summed E-state index contributed by atoms with van der Waals surface area (Å²) in [6.07, 6.45) is 0. The predicted octanol–water partition coefficient (Wildman–Crippen LogP) is -1.74. The van der Waals surface area contributed by atoms with Gasteiger partial charge in [0.2, 0.25) is 0 Å². The third-order valence-electron chi connectivity index (χ3n) is 0.288. The van der Waals surface area contributed by atoms with E-state index in [1.165, 1.54) is 0 Å². The molecule has 1 unspecified atom stereocenters. The third kappa shape index (κ3) is 162. The van der Waals surface area contributed by atoms with Crippen molar-refractivity contribution >= 4 is 0 Å². The van der Waals surface area contributed by atoms with Crippen LogP contribution in [0.1, 0.15) is 6.92 Å². The van der Waals surface area contributed by atoms with Crippen molar-refractivity contribution in [2.75, 3.05) is 6.61 Å². The maximum atomic E-state index is 8.02. The molecule has 0 rings (SSSR count). The Kier molecular flexibility index (Phi) is 447. The fourth-order valence-corrected chi connectivity index (χ4v) is 0. The first-order valence-corrected chi connectivity index (χ1v) is 1.64. The zero-order valence-corrected chi connectivity index (χ0v) is 8.58. The van der Waals surface area contributed by atoms with Crippen LogP contribution in [0.15, 0.2) is 0 Å². The molecule has 0 aliphatic heterocycles. The molecule has 0 heterocycles. The second-order valence-corrected chi connectivity index (χ2v) is 1.16. The van der Waals surface area contributed by atoms with Crippen LogP contribution in [0.3, 0.4) is 0 Å². The van der Waals surface area contributed by atoms with Crippen LogP contribution >= 0.6 is 0 Å². The summed E-state index contributed by atoms with van der Waals surface area (Å²) in [5, 5.41) is 8.02. The average Bonchev–Trinajstić information content (AvgIpc) is 1.38. The van der Waals surface area contributed by atoms with E-state index in [1.54, 1.807) is 6.92 Å². The van der Waals surface area contributed by atoms with E-state index < -0.39 is 0 Å². The largest absolute Gasteiger partial charge is 4.00 e. The van der Waals surface area contributed by atoms with Crippen LogP contribution in [0.2, 0.25) is 0 Å². The van der Waals surface area contributed by atoms with E-state index in [0.29, 0.717) is 0 Å². The maximum Gasteiger partial charge on any atom is 4.00 e. The number of hydrogen-bond donors (Lipinski definition) is 2. The Balaban J connectivity index is -0.00000000381. The molecule has 0 aliphatic carbocycles. The third-order valence-corrected chi connectivity index (χ3v) is 0.288. The van der Waals surface area contributed by atoms with Gasteiger partial charge in [0.1, 0.15) is 0 Å². The molecule has 9 N–H and O–H groups in total. The molecule has 9 heteroatoms. The van der Waals surface area contributed by atoms with Gasteiger partial charge in [-0.05, 0) is 6.92 Å². The van der Waals surface area contributed by atoms with E-state index in [4.69, 9.17) is 10.8 Å². The number of aliphatic hydroxyl groups excluding tert-OH is 1. The van der Waals surface area contributed by atoms with Crippen molar-refractivity contribution in [3.05, 3.63) is 0 Å². The minimum atomic E-state index is -0.0602. The molecule has 0 aromatic heterocycles. The van der Waals surface area contributed by atoms with E-state index >= 15 is 0 Å². The molecular weight excluding hydrogens is 357 g/mol. The molecule has 12 heavy (non-hydrogen) atoms. The molecule has 0 aliphatic rings. The van der Waals surface area contributed by atoms with Crippen LogP contribution in [0.5, 0.6) is 0 Å². The Morgan fingerprint density at radius 3 is 1.08 bits per heavy atom. The average molecular weight is 372 g/mol. The molecule has 0 radical (unpaired) electrons. The number of rotatable bonds is 1. The van der Waals surface area contributed by atoms with Crippen molar-refractivity contribution in [2.45, 2.75) is 13.0 Å². The van der Waals surface area contributed by atoms with Gasteiger partial charge in [0.15, 0.2) is 0 Å². The van der Waals surface area contributed by atoms with E-state index in [0.717, 1.165) is 0 Å². The Bertz CT molecular complexity index is 32.6. The Hall–Kier alpha value is 0.368. The molecule has 0 spiro atoms. The standard InChI is InChI=1S/C3H9NO.6H2O.Pt/c1-3(4)2-5;;;;;;;/h3,5H,2,4H2,1H3;6*1H2;/q;;;;;;;+4/p-6. The molecule has 0 amide bonds. The van der Waals surface area contributed by atoms with Crippen molar-refractivity contribution in [3.63, 3.8) is 0 Å². The molecule has 0 aromatic carbocycles. The monoisotopic (exact) mass is 372 g/mol. The summed E-state index contributed by atoms with van der Waals surface area (Å²) in [6.45, 7) is 1.83. The van der Waals surface area contributed by atoms with Gasteiger partial charge < -0.3 is 43.7 Å². The van der Waals surface area contributed by atoms with Crippen LogP contribution in [0.25, 0.3) is 0 Å². The predicted molar refractivity (Wildman–Crippen MR) is 32.4 cm³/mol. The van der Waals surface area contributed by atoms with Crippen LogP contribution in [0, 0.1) is 0 Å². The first-order valence-electron chi connectivity index (χ1n) is 1.64. The molecule has 86 valence electrons. The Morgan fingerprint density at radius 2 is 1.08 bits per heavy atom. The zero-order valence-electron chi connectivity index (χ0n) is 6.31. The van der Waals surface area contributed by atoms with Crippen molar-refractivity contribution < 1.29 is 59.0 Å². The fourth-order valence-electron chi connectivity index (χ4n) is 0. The van der Waals surface area contributed by atoms with Crippen LogP contribution in [-0.2, 0) is 21.1 Å². The van der Waals surface area contributed by atoms with E-state index in [-0.39, 0.29) is 66.6 Å². The number of hydrogen-bond acceptors (Lipinski definition) is 8. The van der Waals surface area contributed by atoms with Gasteiger partial charge in [-0.15, -0.1) is 0 Å². The summed E-state index contributed by atoms with van der Waals surface area (Å²) in [5.41, 5.74) is 5.04.